The number of para-hydroxylation sites is 1. The Morgan fingerprint density at radius 1 is 1.00 bits per heavy atom. The third-order valence-corrected chi connectivity index (χ3v) is 4.56. The van der Waals surface area contributed by atoms with Crippen LogP contribution >= 0.6 is 0 Å². The average molecular weight is 410 g/mol. The van der Waals surface area contributed by atoms with Gasteiger partial charge in [-0.25, -0.2) is 10.1 Å². The number of aromatic nitrogens is 2. The van der Waals surface area contributed by atoms with Crippen molar-refractivity contribution in [3.63, 3.8) is 0 Å². The lowest BCUT2D eigenvalue weighted by molar-refractivity contribution is -0.118. The Morgan fingerprint density at radius 3 is 2.35 bits per heavy atom. The first-order chi connectivity index (χ1) is 15.2. The summed E-state index contributed by atoms with van der Waals surface area (Å²) in [5.41, 5.74) is 6.95. The van der Waals surface area contributed by atoms with Crippen molar-refractivity contribution in [2.45, 2.75) is 13.5 Å². The molecule has 0 aliphatic carbocycles. The van der Waals surface area contributed by atoms with Gasteiger partial charge in [0.1, 0.15) is 18.1 Å². The minimum absolute atomic E-state index is 0.229. The van der Waals surface area contributed by atoms with Gasteiger partial charge in [0, 0.05) is 24.2 Å². The molecule has 0 radical (unpaired) electrons. The van der Waals surface area contributed by atoms with Crippen LogP contribution in [0.3, 0.4) is 0 Å². The van der Waals surface area contributed by atoms with Crippen molar-refractivity contribution in [2.75, 3.05) is 0 Å². The van der Waals surface area contributed by atoms with Crippen molar-refractivity contribution in [1.29, 1.82) is 0 Å². The molecule has 0 aliphatic rings. The highest BCUT2D eigenvalue weighted by Gasteiger charge is 2.11. The Hall–Kier alpha value is -4.19. The number of nitrogens with zero attached hydrogens (tertiary/aromatic N) is 3. The van der Waals surface area contributed by atoms with Gasteiger partial charge in [-0.05, 0) is 42.0 Å². The third kappa shape index (κ3) is 5.25. The highest BCUT2D eigenvalue weighted by atomic mass is 16.5. The maximum absolute atomic E-state index is 11.2. The molecule has 1 aromatic heterocycles. The number of carbonyl (C=O) groups excluding carboxylic acids is 1. The van der Waals surface area contributed by atoms with E-state index in [9.17, 15) is 4.79 Å². The van der Waals surface area contributed by atoms with Gasteiger partial charge in [0.15, 0.2) is 0 Å². The van der Waals surface area contributed by atoms with Crippen LogP contribution in [0.2, 0.25) is 0 Å². The number of ether oxygens (including phenoxy) is 1. The summed E-state index contributed by atoms with van der Waals surface area (Å²) >= 11 is 0. The van der Waals surface area contributed by atoms with Crippen LogP contribution in [0.25, 0.3) is 16.9 Å². The van der Waals surface area contributed by atoms with E-state index in [-0.39, 0.29) is 5.91 Å². The molecule has 6 heteroatoms. The summed E-state index contributed by atoms with van der Waals surface area (Å²) in [7, 11) is 0. The molecule has 0 unspecified atom stereocenters. The fraction of sp³-hybridized carbons (Fsp3) is 0.0800. The maximum atomic E-state index is 11.2. The van der Waals surface area contributed by atoms with Crippen LogP contribution in [-0.2, 0) is 11.4 Å². The van der Waals surface area contributed by atoms with Crippen LogP contribution in [0.4, 0.5) is 0 Å². The molecule has 1 heterocycles. The highest BCUT2D eigenvalue weighted by molar-refractivity contribution is 5.89. The predicted octanol–water partition coefficient (Wildman–Crippen LogP) is 4.59. The van der Waals surface area contributed by atoms with Gasteiger partial charge in [0.05, 0.1) is 11.9 Å². The minimum atomic E-state index is -0.229. The topological polar surface area (TPSA) is 68.5 Å². The summed E-state index contributed by atoms with van der Waals surface area (Å²) in [6.45, 7) is 1.93. The second kappa shape index (κ2) is 9.54. The smallest absolute Gasteiger partial charge is 0.236 e. The molecule has 3 aromatic carbocycles. The summed E-state index contributed by atoms with van der Waals surface area (Å²) in [5, 5.41) is 8.76. The fourth-order valence-corrected chi connectivity index (χ4v) is 3.06. The van der Waals surface area contributed by atoms with Gasteiger partial charge in [0.25, 0.3) is 0 Å². The van der Waals surface area contributed by atoms with Crippen LogP contribution in [0, 0.1) is 0 Å². The number of rotatable bonds is 7. The summed E-state index contributed by atoms with van der Waals surface area (Å²) in [5.74, 6) is 0.553. The molecule has 4 aromatic rings. The summed E-state index contributed by atoms with van der Waals surface area (Å²) in [6, 6.07) is 27.7. The molecule has 1 N–H and O–H groups in total. The standard InChI is InChI=1S/C25H22N4O2/c1-19(30)27-26-16-22-17-29(23-10-6-3-7-11-23)28-25(22)21-12-14-24(15-13-21)31-18-20-8-4-2-5-9-20/h2-17H,18H2,1H3,(H,27,30)/b26-16+. The molecule has 0 spiro atoms. The number of nitrogens with one attached hydrogen (secondary N) is 1. The van der Waals surface area contributed by atoms with Crippen LogP contribution in [0.1, 0.15) is 18.1 Å². The lowest BCUT2D eigenvalue weighted by Crippen LogP contribution is -2.12. The van der Waals surface area contributed by atoms with Crippen molar-refractivity contribution in [2.24, 2.45) is 5.10 Å². The van der Waals surface area contributed by atoms with Crippen LogP contribution < -0.4 is 10.2 Å². The zero-order valence-corrected chi connectivity index (χ0v) is 17.1. The van der Waals surface area contributed by atoms with Crippen LogP contribution in [0.5, 0.6) is 5.75 Å². The maximum Gasteiger partial charge on any atom is 0.236 e. The lowest BCUT2D eigenvalue weighted by atomic mass is 10.1. The molecule has 6 nitrogen and oxygen atoms in total. The molecular formula is C25H22N4O2. The van der Waals surface area contributed by atoms with E-state index in [2.05, 4.69) is 10.5 Å². The number of hydrogen-bond acceptors (Lipinski definition) is 4. The Labute approximate surface area is 180 Å². The Morgan fingerprint density at radius 2 is 1.68 bits per heavy atom. The number of hydrogen-bond donors (Lipinski definition) is 1. The number of hydrazone groups is 1. The second-order valence-electron chi connectivity index (χ2n) is 6.94. The van der Waals surface area contributed by atoms with Gasteiger partial charge in [-0.15, -0.1) is 0 Å². The molecule has 0 fully saturated rings. The first-order valence-electron chi connectivity index (χ1n) is 9.91. The summed E-state index contributed by atoms with van der Waals surface area (Å²) in [6.07, 6.45) is 3.48. The molecule has 31 heavy (non-hydrogen) atoms. The average Bonchev–Trinajstić information content (AvgIpc) is 3.23. The number of amides is 1. The SMILES string of the molecule is CC(=O)N/N=C/c1cn(-c2ccccc2)nc1-c1ccc(OCc2ccccc2)cc1. The van der Waals surface area contributed by atoms with E-state index in [1.807, 2.05) is 91.1 Å². The molecule has 0 aliphatic heterocycles. The van der Waals surface area contributed by atoms with Crippen molar-refractivity contribution < 1.29 is 9.53 Å². The van der Waals surface area contributed by atoms with E-state index in [0.717, 1.165) is 33.8 Å². The normalized spacial score (nSPS) is 10.9. The molecule has 154 valence electrons. The zero-order chi connectivity index (χ0) is 21.5. The number of benzene rings is 3. The first kappa shape index (κ1) is 20.1. The molecule has 0 bridgehead atoms. The Balaban J connectivity index is 1.58. The second-order valence-corrected chi connectivity index (χ2v) is 6.94. The molecular weight excluding hydrogens is 388 g/mol. The third-order valence-electron chi connectivity index (χ3n) is 4.56. The predicted molar refractivity (Wildman–Crippen MR) is 121 cm³/mol. The fourth-order valence-electron chi connectivity index (χ4n) is 3.06. The zero-order valence-electron chi connectivity index (χ0n) is 17.1. The van der Waals surface area contributed by atoms with Crippen molar-refractivity contribution >= 4 is 12.1 Å². The van der Waals surface area contributed by atoms with Crippen molar-refractivity contribution in [3.8, 4) is 22.7 Å². The molecule has 0 atom stereocenters. The summed E-state index contributed by atoms with van der Waals surface area (Å²) in [4.78, 5) is 11.2. The lowest BCUT2D eigenvalue weighted by Gasteiger charge is -2.07. The van der Waals surface area contributed by atoms with Gasteiger partial charge < -0.3 is 4.74 Å². The van der Waals surface area contributed by atoms with Crippen LogP contribution in [-0.4, -0.2) is 21.9 Å². The van der Waals surface area contributed by atoms with E-state index in [0.29, 0.717) is 6.61 Å². The van der Waals surface area contributed by atoms with Gasteiger partial charge >= 0.3 is 0 Å². The largest absolute Gasteiger partial charge is 0.489 e. The van der Waals surface area contributed by atoms with E-state index < -0.39 is 0 Å². The number of carbonyl (C=O) groups is 1. The van der Waals surface area contributed by atoms with Gasteiger partial charge in [-0.2, -0.15) is 10.2 Å². The van der Waals surface area contributed by atoms with E-state index in [4.69, 9.17) is 9.84 Å². The quantitative estimate of drug-likeness (QED) is 0.358. The highest BCUT2D eigenvalue weighted by Crippen LogP contribution is 2.25. The molecule has 4 rings (SSSR count). The monoisotopic (exact) mass is 410 g/mol. The van der Waals surface area contributed by atoms with Gasteiger partial charge in [-0.1, -0.05) is 48.5 Å². The Bertz CT molecular complexity index is 1170. The van der Waals surface area contributed by atoms with Gasteiger partial charge in [-0.3, -0.25) is 4.79 Å². The first-order valence-corrected chi connectivity index (χ1v) is 9.91. The van der Waals surface area contributed by atoms with Crippen LogP contribution in [0.15, 0.2) is 96.2 Å². The molecule has 0 saturated heterocycles. The van der Waals surface area contributed by atoms with E-state index in [1.54, 1.807) is 10.9 Å². The minimum Gasteiger partial charge on any atom is -0.489 e. The van der Waals surface area contributed by atoms with Gasteiger partial charge in [0.2, 0.25) is 5.91 Å². The van der Waals surface area contributed by atoms with E-state index in [1.165, 1.54) is 6.92 Å². The van der Waals surface area contributed by atoms with Crippen molar-refractivity contribution in [1.82, 2.24) is 15.2 Å². The van der Waals surface area contributed by atoms with Crippen molar-refractivity contribution in [3.05, 3.63) is 102 Å². The Kier molecular flexibility index (Phi) is 6.18. The van der Waals surface area contributed by atoms with E-state index >= 15 is 0 Å². The summed E-state index contributed by atoms with van der Waals surface area (Å²) < 4.78 is 7.68. The molecule has 0 saturated carbocycles. The molecule has 1 amide bonds.